The molecule has 6 rings (SSSR count). The molecule has 4 aromatic carbocycles. The molecule has 5 heteroatoms. The lowest BCUT2D eigenvalue weighted by Crippen LogP contribution is -2.09. The van der Waals surface area contributed by atoms with Crippen LogP contribution in [0.3, 0.4) is 0 Å². The van der Waals surface area contributed by atoms with Crippen LogP contribution >= 0.6 is 0 Å². The highest BCUT2D eigenvalue weighted by atomic mass is 16.5. The fraction of sp³-hybridized carbons (Fsp3) is 0.0909. The van der Waals surface area contributed by atoms with Crippen LogP contribution in [0.5, 0.6) is 5.75 Å². The number of allylic oxidation sites excluding steroid dienone is 1. The first-order valence-electron chi connectivity index (χ1n) is 12.4. The van der Waals surface area contributed by atoms with Gasteiger partial charge in [0.15, 0.2) is 0 Å². The van der Waals surface area contributed by atoms with Crippen molar-refractivity contribution in [1.29, 1.82) is 0 Å². The van der Waals surface area contributed by atoms with Crippen LogP contribution in [0.25, 0.3) is 49.3 Å². The number of nitrogens with one attached hydrogen (secondary N) is 1. The molecule has 1 amide bonds. The Hall–Kier alpha value is -4.90. The molecule has 0 fully saturated rings. The number of anilines is 1. The Labute approximate surface area is 220 Å². The standard InChI is InChI=1S/C33H26N2O3/c1-20(14-33(36)35-30-15-21(2)34-29-11-7-6-10-25(29)30)26-17-27-28(19-38-32(27)18-31(26)37-3)24-13-12-22-8-4-5-9-23(22)16-24/h4-19H,1-3H3,(H,34,35,36)/b20-14+. The van der Waals surface area contributed by atoms with Crippen LogP contribution in [0, 0.1) is 6.92 Å². The highest BCUT2D eigenvalue weighted by Gasteiger charge is 2.16. The van der Waals surface area contributed by atoms with Gasteiger partial charge in [0.05, 0.1) is 24.6 Å². The first kappa shape index (κ1) is 23.5. The number of aryl methyl sites for hydroxylation is 1. The zero-order chi connectivity index (χ0) is 26.2. The Balaban J connectivity index is 1.38. The first-order chi connectivity index (χ1) is 18.5. The number of amides is 1. The molecular weight excluding hydrogens is 472 g/mol. The maximum absolute atomic E-state index is 13.1. The third kappa shape index (κ3) is 4.28. The summed E-state index contributed by atoms with van der Waals surface area (Å²) in [6.45, 7) is 3.83. The highest BCUT2D eigenvalue weighted by Crippen LogP contribution is 2.38. The van der Waals surface area contributed by atoms with Gasteiger partial charge < -0.3 is 14.5 Å². The van der Waals surface area contributed by atoms with Crippen LogP contribution in [0.1, 0.15) is 18.2 Å². The number of fused-ring (bicyclic) bond motifs is 3. The largest absolute Gasteiger partial charge is 0.496 e. The van der Waals surface area contributed by atoms with E-state index in [1.54, 1.807) is 19.4 Å². The van der Waals surface area contributed by atoms with Crippen LogP contribution in [0.15, 0.2) is 102 Å². The SMILES string of the molecule is COc1cc2occ(-c3ccc4ccccc4c3)c2cc1/C(C)=C/C(=O)Nc1cc(C)nc2ccccc12. The van der Waals surface area contributed by atoms with E-state index >= 15 is 0 Å². The number of methoxy groups -OCH3 is 1. The second kappa shape index (κ2) is 9.52. The van der Waals surface area contributed by atoms with Crippen molar-refractivity contribution in [2.75, 3.05) is 12.4 Å². The van der Waals surface area contributed by atoms with Crippen molar-refractivity contribution >= 4 is 49.8 Å². The van der Waals surface area contributed by atoms with E-state index in [-0.39, 0.29) is 5.91 Å². The smallest absolute Gasteiger partial charge is 0.248 e. The maximum atomic E-state index is 13.1. The summed E-state index contributed by atoms with van der Waals surface area (Å²) in [5.41, 5.74) is 6.81. The second-order valence-electron chi connectivity index (χ2n) is 9.40. The van der Waals surface area contributed by atoms with E-state index in [1.165, 1.54) is 10.8 Å². The topological polar surface area (TPSA) is 64.4 Å². The fourth-order valence-corrected chi connectivity index (χ4v) is 4.97. The lowest BCUT2D eigenvalue weighted by Gasteiger charge is -2.11. The number of furan rings is 1. The van der Waals surface area contributed by atoms with Gasteiger partial charge in [-0.15, -0.1) is 0 Å². The van der Waals surface area contributed by atoms with Gasteiger partial charge in [-0.05, 0) is 60.0 Å². The third-order valence-electron chi connectivity index (χ3n) is 6.83. The zero-order valence-corrected chi connectivity index (χ0v) is 21.4. The van der Waals surface area contributed by atoms with Crippen LogP contribution in [0.2, 0.25) is 0 Å². The Morgan fingerprint density at radius 1 is 0.921 bits per heavy atom. The van der Waals surface area contributed by atoms with E-state index in [1.807, 2.05) is 68.4 Å². The third-order valence-corrected chi connectivity index (χ3v) is 6.83. The van der Waals surface area contributed by atoms with Crippen molar-refractivity contribution in [1.82, 2.24) is 4.98 Å². The lowest BCUT2D eigenvalue weighted by molar-refractivity contribution is -0.111. The monoisotopic (exact) mass is 498 g/mol. The van der Waals surface area contributed by atoms with Gasteiger partial charge in [0.2, 0.25) is 5.91 Å². The number of hydrogen-bond acceptors (Lipinski definition) is 4. The molecule has 2 heterocycles. The number of aromatic nitrogens is 1. The van der Waals surface area contributed by atoms with Gasteiger partial charge in [-0.2, -0.15) is 0 Å². The van der Waals surface area contributed by atoms with Crippen LogP contribution < -0.4 is 10.1 Å². The van der Waals surface area contributed by atoms with Gasteiger partial charge in [0.25, 0.3) is 0 Å². The predicted octanol–water partition coefficient (Wildman–Crippen LogP) is 8.16. The van der Waals surface area contributed by atoms with E-state index in [0.29, 0.717) is 5.75 Å². The quantitative estimate of drug-likeness (QED) is 0.244. The minimum atomic E-state index is -0.220. The summed E-state index contributed by atoms with van der Waals surface area (Å²) in [5.74, 6) is 0.422. The van der Waals surface area contributed by atoms with Crippen molar-refractivity contribution in [2.45, 2.75) is 13.8 Å². The molecule has 0 aliphatic heterocycles. The predicted molar refractivity (Wildman–Crippen MR) is 154 cm³/mol. The van der Waals surface area contributed by atoms with E-state index < -0.39 is 0 Å². The molecule has 0 bridgehead atoms. The molecule has 0 unspecified atom stereocenters. The second-order valence-corrected chi connectivity index (χ2v) is 9.40. The summed E-state index contributed by atoms with van der Waals surface area (Å²) < 4.78 is 11.6. The van der Waals surface area contributed by atoms with Crippen molar-refractivity contribution < 1.29 is 13.9 Å². The normalized spacial score (nSPS) is 11.8. The number of hydrogen-bond donors (Lipinski definition) is 1. The molecule has 0 saturated heterocycles. The maximum Gasteiger partial charge on any atom is 0.248 e. The summed E-state index contributed by atoms with van der Waals surface area (Å²) in [5, 5.41) is 7.25. The molecule has 0 saturated carbocycles. The lowest BCUT2D eigenvalue weighted by atomic mass is 9.97. The summed E-state index contributed by atoms with van der Waals surface area (Å²) in [6.07, 6.45) is 3.38. The molecule has 0 atom stereocenters. The van der Waals surface area contributed by atoms with E-state index in [2.05, 4.69) is 40.6 Å². The van der Waals surface area contributed by atoms with E-state index in [0.717, 1.165) is 55.5 Å². The number of benzene rings is 4. The number of carbonyl (C=O) groups excluding carboxylic acids is 1. The number of para-hydroxylation sites is 1. The molecule has 6 aromatic rings. The first-order valence-corrected chi connectivity index (χ1v) is 12.4. The minimum absolute atomic E-state index is 0.220. The molecule has 1 N–H and O–H groups in total. The highest BCUT2D eigenvalue weighted by molar-refractivity contribution is 6.09. The van der Waals surface area contributed by atoms with Crippen molar-refractivity contribution in [2.24, 2.45) is 0 Å². The van der Waals surface area contributed by atoms with Gasteiger partial charge in [0.1, 0.15) is 11.3 Å². The van der Waals surface area contributed by atoms with Crippen LogP contribution in [-0.4, -0.2) is 18.0 Å². The summed E-state index contributed by atoms with van der Waals surface area (Å²) in [7, 11) is 1.62. The molecule has 0 radical (unpaired) electrons. The number of carbonyl (C=O) groups is 1. The van der Waals surface area contributed by atoms with Crippen molar-refractivity contribution in [3.8, 4) is 16.9 Å². The molecule has 0 spiro atoms. The Morgan fingerprint density at radius 3 is 2.55 bits per heavy atom. The van der Waals surface area contributed by atoms with E-state index in [9.17, 15) is 4.79 Å². The van der Waals surface area contributed by atoms with Gasteiger partial charge >= 0.3 is 0 Å². The molecule has 186 valence electrons. The number of pyridine rings is 1. The molecular formula is C33H26N2O3. The summed E-state index contributed by atoms with van der Waals surface area (Å²) in [6, 6.07) is 28.3. The fourth-order valence-electron chi connectivity index (χ4n) is 4.97. The number of rotatable bonds is 5. The van der Waals surface area contributed by atoms with E-state index in [4.69, 9.17) is 9.15 Å². The number of nitrogens with zero attached hydrogens (tertiary/aromatic N) is 1. The van der Waals surface area contributed by atoms with Crippen LogP contribution in [-0.2, 0) is 4.79 Å². The molecule has 0 aliphatic rings. The van der Waals surface area contributed by atoms with Gasteiger partial charge in [-0.1, -0.05) is 54.6 Å². The zero-order valence-electron chi connectivity index (χ0n) is 21.4. The van der Waals surface area contributed by atoms with Crippen molar-refractivity contribution in [3.63, 3.8) is 0 Å². The van der Waals surface area contributed by atoms with Gasteiger partial charge in [-0.25, -0.2) is 0 Å². The molecule has 2 aromatic heterocycles. The molecule has 0 aliphatic carbocycles. The average molecular weight is 499 g/mol. The Bertz CT molecular complexity index is 1880. The minimum Gasteiger partial charge on any atom is -0.496 e. The van der Waals surface area contributed by atoms with Gasteiger partial charge in [0, 0.05) is 39.7 Å². The van der Waals surface area contributed by atoms with Crippen LogP contribution in [0.4, 0.5) is 5.69 Å². The van der Waals surface area contributed by atoms with Crippen molar-refractivity contribution in [3.05, 3.63) is 109 Å². The van der Waals surface area contributed by atoms with Gasteiger partial charge in [-0.3, -0.25) is 9.78 Å². The summed E-state index contributed by atoms with van der Waals surface area (Å²) in [4.78, 5) is 17.7. The Morgan fingerprint density at radius 2 is 1.71 bits per heavy atom. The summed E-state index contributed by atoms with van der Waals surface area (Å²) >= 11 is 0. The number of ether oxygens (including phenoxy) is 1. The average Bonchev–Trinajstić information content (AvgIpc) is 3.34. The molecule has 38 heavy (non-hydrogen) atoms. The Kier molecular flexibility index (Phi) is 5.89. The molecule has 5 nitrogen and oxygen atoms in total.